The molecule has 1 heterocycles. The molecule has 0 atom stereocenters. The molecular weight excluding hydrogens is 310 g/mol. The molecule has 1 aromatic heterocycles. The molecule has 18 heavy (non-hydrogen) atoms. The molecule has 3 nitrogen and oxygen atoms in total. The molecule has 5 heteroatoms. The van der Waals surface area contributed by atoms with E-state index in [1.807, 2.05) is 37.3 Å². The molecule has 0 spiro atoms. The maximum absolute atomic E-state index is 5.52. The van der Waals surface area contributed by atoms with Crippen LogP contribution in [0, 0.1) is 6.92 Å². The fourth-order valence-corrected chi connectivity index (χ4v) is 1.95. The number of nitrogens with one attached hydrogen (secondary N) is 1. The minimum Gasteiger partial charge on any atom is -0.389 e. The van der Waals surface area contributed by atoms with Crippen molar-refractivity contribution >= 4 is 44.6 Å². The van der Waals surface area contributed by atoms with Crippen LogP contribution in [0.25, 0.3) is 0 Å². The smallest absolute Gasteiger partial charge is 0.130 e. The Morgan fingerprint density at radius 2 is 2.11 bits per heavy atom. The number of anilines is 2. The molecule has 0 saturated heterocycles. The van der Waals surface area contributed by atoms with Gasteiger partial charge in [0, 0.05) is 16.2 Å². The number of thiocarbonyl (C=S) groups is 1. The van der Waals surface area contributed by atoms with Crippen LogP contribution in [0.3, 0.4) is 0 Å². The Morgan fingerprint density at radius 3 is 2.72 bits per heavy atom. The lowest BCUT2D eigenvalue weighted by Crippen LogP contribution is -2.09. The summed E-state index contributed by atoms with van der Waals surface area (Å²) < 4.78 is 0.994. The maximum Gasteiger partial charge on any atom is 0.130 e. The van der Waals surface area contributed by atoms with Gasteiger partial charge >= 0.3 is 0 Å². The summed E-state index contributed by atoms with van der Waals surface area (Å²) in [7, 11) is 0. The molecule has 0 bridgehead atoms. The van der Waals surface area contributed by atoms with Gasteiger partial charge in [-0.1, -0.05) is 18.3 Å². The number of nitrogens with two attached hydrogens (primary N) is 1. The minimum atomic E-state index is 0.353. The van der Waals surface area contributed by atoms with Crippen LogP contribution >= 0.6 is 28.1 Å². The molecule has 0 fully saturated rings. The highest BCUT2D eigenvalue weighted by molar-refractivity contribution is 9.10. The van der Waals surface area contributed by atoms with Gasteiger partial charge in [-0.25, -0.2) is 4.98 Å². The Balaban J connectivity index is 2.23. The van der Waals surface area contributed by atoms with Crippen molar-refractivity contribution in [3.05, 3.63) is 52.1 Å². The first-order chi connectivity index (χ1) is 8.56. The van der Waals surface area contributed by atoms with Crippen molar-refractivity contribution in [2.24, 2.45) is 5.73 Å². The first kappa shape index (κ1) is 13.0. The van der Waals surface area contributed by atoms with Gasteiger partial charge in [0.15, 0.2) is 0 Å². The van der Waals surface area contributed by atoms with Crippen molar-refractivity contribution in [3.8, 4) is 0 Å². The van der Waals surface area contributed by atoms with Crippen molar-refractivity contribution in [2.75, 3.05) is 5.32 Å². The van der Waals surface area contributed by atoms with E-state index in [4.69, 9.17) is 18.0 Å². The number of aromatic nitrogens is 1. The Morgan fingerprint density at radius 1 is 1.33 bits per heavy atom. The standard InChI is InChI=1S/C13H12BrN3S/c1-8-2-4-10(14)11(6-8)17-12-5-3-9(7-16-12)13(15)18/h2-7H,1H3,(H2,15,18)(H,16,17). The lowest BCUT2D eigenvalue weighted by atomic mass is 10.2. The summed E-state index contributed by atoms with van der Waals surface area (Å²) in [6.45, 7) is 2.04. The van der Waals surface area contributed by atoms with Crippen LogP contribution in [0.5, 0.6) is 0 Å². The van der Waals surface area contributed by atoms with Crippen molar-refractivity contribution in [2.45, 2.75) is 6.92 Å². The third-order valence-electron chi connectivity index (χ3n) is 2.43. The summed E-state index contributed by atoms with van der Waals surface area (Å²) in [5, 5.41) is 3.24. The molecule has 0 amide bonds. The predicted molar refractivity (Wildman–Crippen MR) is 82.3 cm³/mol. The molecule has 2 rings (SSSR count). The molecule has 92 valence electrons. The topological polar surface area (TPSA) is 50.9 Å². The molecule has 0 saturated carbocycles. The van der Waals surface area contributed by atoms with Crippen LogP contribution in [0.2, 0.25) is 0 Å². The van der Waals surface area contributed by atoms with E-state index in [1.165, 1.54) is 5.56 Å². The van der Waals surface area contributed by atoms with Crippen LogP contribution in [-0.4, -0.2) is 9.97 Å². The summed E-state index contributed by atoms with van der Waals surface area (Å²) in [4.78, 5) is 4.62. The molecular formula is C13H12BrN3S. The summed E-state index contributed by atoms with van der Waals surface area (Å²) in [5.74, 6) is 0.751. The normalized spacial score (nSPS) is 10.1. The third kappa shape index (κ3) is 3.05. The second-order valence-electron chi connectivity index (χ2n) is 3.90. The van der Waals surface area contributed by atoms with Crippen LogP contribution in [0.1, 0.15) is 11.1 Å². The molecule has 0 aliphatic rings. The molecule has 0 unspecified atom stereocenters. The summed E-state index contributed by atoms with van der Waals surface area (Å²) >= 11 is 8.38. The first-order valence-electron chi connectivity index (χ1n) is 5.35. The van der Waals surface area contributed by atoms with Gasteiger partial charge in [0.25, 0.3) is 0 Å². The zero-order chi connectivity index (χ0) is 13.1. The molecule has 2 aromatic rings. The summed E-state index contributed by atoms with van der Waals surface area (Å²) in [6.07, 6.45) is 1.66. The van der Waals surface area contributed by atoms with E-state index in [0.717, 1.165) is 21.5 Å². The number of nitrogens with zero attached hydrogens (tertiary/aromatic N) is 1. The lowest BCUT2D eigenvalue weighted by Gasteiger charge is -2.09. The quantitative estimate of drug-likeness (QED) is 0.849. The monoisotopic (exact) mass is 321 g/mol. The first-order valence-corrected chi connectivity index (χ1v) is 6.55. The third-order valence-corrected chi connectivity index (χ3v) is 3.36. The predicted octanol–water partition coefficient (Wildman–Crippen LogP) is 3.53. The number of hydrogen-bond acceptors (Lipinski definition) is 3. The molecule has 3 N–H and O–H groups in total. The SMILES string of the molecule is Cc1ccc(Br)c(Nc2ccc(C(N)=S)cn2)c1. The largest absolute Gasteiger partial charge is 0.389 e. The number of halogens is 1. The van der Waals surface area contributed by atoms with Crippen LogP contribution < -0.4 is 11.1 Å². The van der Waals surface area contributed by atoms with Gasteiger partial charge in [-0.3, -0.25) is 0 Å². The highest BCUT2D eigenvalue weighted by Gasteiger charge is 2.02. The molecule has 0 aliphatic carbocycles. The van der Waals surface area contributed by atoms with Crippen molar-refractivity contribution in [3.63, 3.8) is 0 Å². The number of benzene rings is 1. The zero-order valence-corrected chi connectivity index (χ0v) is 12.2. The zero-order valence-electron chi connectivity index (χ0n) is 9.77. The number of pyridine rings is 1. The number of rotatable bonds is 3. The fraction of sp³-hybridized carbons (Fsp3) is 0.0769. The van der Waals surface area contributed by atoms with Gasteiger partial charge < -0.3 is 11.1 Å². The van der Waals surface area contributed by atoms with Crippen molar-refractivity contribution in [1.82, 2.24) is 4.98 Å². The van der Waals surface area contributed by atoms with E-state index >= 15 is 0 Å². The highest BCUT2D eigenvalue weighted by Crippen LogP contribution is 2.26. The van der Waals surface area contributed by atoms with Gasteiger partial charge in [-0.05, 0) is 52.7 Å². The molecule has 0 radical (unpaired) electrons. The Bertz CT molecular complexity index is 581. The van der Waals surface area contributed by atoms with E-state index < -0.39 is 0 Å². The Kier molecular flexibility index (Phi) is 3.93. The van der Waals surface area contributed by atoms with E-state index in [1.54, 1.807) is 6.20 Å². The van der Waals surface area contributed by atoms with Crippen molar-refractivity contribution < 1.29 is 0 Å². The van der Waals surface area contributed by atoms with E-state index in [-0.39, 0.29) is 0 Å². The van der Waals surface area contributed by atoms with Crippen LogP contribution in [-0.2, 0) is 0 Å². The average molecular weight is 322 g/mol. The van der Waals surface area contributed by atoms with Crippen molar-refractivity contribution in [1.29, 1.82) is 0 Å². The van der Waals surface area contributed by atoms with Gasteiger partial charge in [0.05, 0.1) is 5.69 Å². The van der Waals surface area contributed by atoms with Crippen LogP contribution in [0.15, 0.2) is 41.0 Å². The van der Waals surface area contributed by atoms with E-state index in [9.17, 15) is 0 Å². The van der Waals surface area contributed by atoms with E-state index in [0.29, 0.717) is 4.99 Å². The molecule has 0 aliphatic heterocycles. The van der Waals surface area contributed by atoms with Crippen LogP contribution in [0.4, 0.5) is 11.5 Å². The van der Waals surface area contributed by atoms with Gasteiger partial charge in [-0.2, -0.15) is 0 Å². The number of hydrogen-bond donors (Lipinski definition) is 2. The maximum atomic E-state index is 5.52. The second kappa shape index (κ2) is 5.46. The van der Waals surface area contributed by atoms with Gasteiger partial charge in [-0.15, -0.1) is 0 Å². The average Bonchev–Trinajstić information content (AvgIpc) is 2.34. The van der Waals surface area contributed by atoms with E-state index in [2.05, 4.69) is 26.2 Å². The fourth-order valence-electron chi connectivity index (χ4n) is 1.49. The summed E-state index contributed by atoms with van der Waals surface area (Å²) in [5.41, 5.74) is 8.45. The summed E-state index contributed by atoms with van der Waals surface area (Å²) in [6, 6.07) is 9.79. The second-order valence-corrected chi connectivity index (χ2v) is 5.20. The lowest BCUT2D eigenvalue weighted by molar-refractivity contribution is 1.29. The minimum absolute atomic E-state index is 0.353. The highest BCUT2D eigenvalue weighted by atomic mass is 79.9. The van der Waals surface area contributed by atoms with Gasteiger partial charge in [0.2, 0.25) is 0 Å². The van der Waals surface area contributed by atoms with Gasteiger partial charge in [0.1, 0.15) is 10.8 Å². The Labute approximate surface area is 120 Å². The number of aryl methyl sites for hydroxylation is 1. The molecule has 1 aromatic carbocycles. The Hall–Kier alpha value is -1.46.